The number of hydrogen-bond donors (Lipinski definition) is 1. The van der Waals surface area contributed by atoms with Gasteiger partial charge in [-0.3, -0.25) is 4.79 Å². The van der Waals surface area contributed by atoms with Crippen LogP contribution in [0.4, 0.5) is 30.7 Å². The molecule has 0 saturated carbocycles. The average molecular weight is 345 g/mol. The third kappa shape index (κ3) is 2.99. The van der Waals surface area contributed by atoms with Gasteiger partial charge >= 0.3 is 6.18 Å². The molecule has 1 aliphatic heterocycles. The van der Waals surface area contributed by atoms with E-state index in [1.807, 2.05) is 0 Å². The molecule has 1 heterocycles. The molecule has 0 bridgehead atoms. The third-order valence-corrected chi connectivity index (χ3v) is 3.74. The summed E-state index contributed by atoms with van der Waals surface area (Å²) in [6.07, 6.45) is -6.63. The molecule has 0 atom stereocenters. The molecule has 0 aromatic heterocycles. The van der Waals surface area contributed by atoms with Crippen LogP contribution in [0.2, 0.25) is 0 Å². The van der Waals surface area contributed by atoms with Gasteiger partial charge in [0.25, 0.3) is 5.91 Å². The highest BCUT2D eigenvalue weighted by Crippen LogP contribution is 2.38. The smallest absolute Gasteiger partial charge is 0.380 e. The zero-order valence-corrected chi connectivity index (χ0v) is 11.4. The lowest BCUT2D eigenvalue weighted by molar-refractivity contribution is -0.271. The number of aliphatic hydroxyl groups is 1. The first-order chi connectivity index (χ1) is 10.5. The number of carbonyl (C=O) groups is 1. The highest BCUT2D eigenvalue weighted by atomic mass is 19.4. The predicted molar refractivity (Wildman–Crippen MR) is 62.4 cm³/mol. The summed E-state index contributed by atoms with van der Waals surface area (Å²) in [5.41, 5.74) is -4.11. The van der Waals surface area contributed by atoms with E-state index in [1.165, 1.54) is 0 Å². The fourth-order valence-corrected chi connectivity index (χ4v) is 2.26. The van der Waals surface area contributed by atoms with Crippen molar-refractivity contribution in [3.8, 4) is 0 Å². The van der Waals surface area contributed by atoms with Gasteiger partial charge in [-0.2, -0.15) is 13.2 Å². The van der Waals surface area contributed by atoms with E-state index >= 15 is 0 Å². The van der Waals surface area contributed by atoms with Gasteiger partial charge in [-0.05, 0) is 6.07 Å². The minimum Gasteiger partial charge on any atom is -0.380 e. The summed E-state index contributed by atoms with van der Waals surface area (Å²) in [6.45, 7) is -1.20. The zero-order valence-electron chi connectivity index (χ0n) is 11.4. The van der Waals surface area contributed by atoms with Crippen molar-refractivity contribution >= 4 is 5.91 Å². The second-order valence-electron chi connectivity index (χ2n) is 5.17. The van der Waals surface area contributed by atoms with Gasteiger partial charge in [-0.15, -0.1) is 0 Å². The fraction of sp³-hybridized carbons (Fsp3) is 0.462. The molecule has 0 unspecified atom stereocenters. The van der Waals surface area contributed by atoms with Gasteiger partial charge in [0, 0.05) is 25.9 Å². The van der Waals surface area contributed by atoms with Crippen LogP contribution in [0.5, 0.6) is 0 Å². The minimum absolute atomic E-state index is 0.140. The first-order valence-electron chi connectivity index (χ1n) is 6.39. The standard InChI is InChI=1S/C13H10F7NO2/c14-7-5-6(8(15)10(17)9(7)16)11(22)21-3-1-12(23,2-4-21)13(18,19)20/h5,23H,1-4H2. The summed E-state index contributed by atoms with van der Waals surface area (Å²) in [7, 11) is 0. The predicted octanol–water partition coefficient (Wildman–Crippen LogP) is 2.77. The Morgan fingerprint density at radius 2 is 1.57 bits per heavy atom. The quantitative estimate of drug-likeness (QED) is 0.483. The minimum atomic E-state index is -4.90. The van der Waals surface area contributed by atoms with Crippen LogP contribution < -0.4 is 0 Å². The summed E-state index contributed by atoms with van der Waals surface area (Å²) >= 11 is 0. The second kappa shape index (κ2) is 5.66. The van der Waals surface area contributed by atoms with E-state index < -0.39 is 72.4 Å². The van der Waals surface area contributed by atoms with Crippen molar-refractivity contribution in [1.29, 1.82) is 0 Å². The van der Waals surface area contributed by atoms with Crippen LogP contribution in [0.25, 0.3) is 0 Å². The van der Waals surface area contributed by atoms with Crippen molar-refractivity contribution in [3.05, 3.63) is 34.9 Å². The second-order valence-corrected chi connectivity index (χ2v) is 5.17. The first-order valence-corrected chi connectivity index (χ1v) is 6.39. The van der Waals surface area contributed by atoms with Crippen LogP contribution in [-0.4, -0.2) is 40.8 Å². The number of benzene rings is 1. The Morgan fingerprint density at radius 1 is 1.04 bits per heavy atom. The van der Waals surface area contributed by atoms with Crippen LogP contribution in [0.3, 0.4) is 0 Å². The summed E-state index contributed by atoms with van der Waals surface area (Å²) in [4.78, 5) is 12.7. The van der Waals surface area contributed by atoms with E-state index in [0.717, 1.165) is 0 Å². The van der Waals surface area contributed by atoms with Crippen LogP contribution in [0.1, 0.15) is 23.2 Å². The topological polar surface area (TPSA) is 40.5 Å². The normalized spacial score (nSPS) is 18.2. The van der Waals surface area contributed by atoms with Crippen LogP contribution >= 0.6 is 0 Å². The molecule has 1 aliphatic rings. The number of likely N-dealkylation sites (tertiary alicyclic amines) is 1. The van der Waals surface area contributed by atoms with Gasteiger partial charge in [-0.25, -0.2) is 17.6 Å². The van der Waals surface area contributed by atoms with Crippen molar-refractivity contribution in [3.63, 3.8) is 0 Å². The molecule has 10 heteroatoms. The molecule has 23 heavy (non-hydrogen) atoms. The molecule has 0 spiro atoms. The molecular formula is C13H10F7NO2. The van der Waals surface area contributed by atoms with E-state index in [4.69, 9.17) is 0 Å². The molecule has 1 aromatic rings. The van der Waals surface area contributed by atoms with Gasteiger partial charge in [0.1, 0.15) is 0 Å². The van der Waals surface area contributed by atoms with E-state index in [-0.39, 0.29) is 6.07 Å². The number of piperidine rings is 1. The van der Waals surface area contributed by atoms with Crippen molar-refractivity contribution in [2.75, 3.05) is 13.1 Å². The molecule has 128 valence electrons. The largest absolute Gasteiger partial charge is 0.417 e. The molecule has 1 saturated heterocycles. The zero-order chi connectivity index (χ0) is 17.6. The molecule has 1 amide bonds. The molecular weight excluding hydrogens is 335 g/mol. The Kier molecular flexibility index (Phi) is 4.31. The Bertz CT molecular complexity index is 636. The highest BCUT2D eigenvalue weighted by Gasteiger charge is 2.55. The van der Waals surface area contributed by atoms with E-state index in [1.54, 1.807) is 0 Å². The summed E-state index contributed by atoms with van der Waals surface area (Å²) < 4.78 is 90.5. The van der Waals surface area contributed by atoms with Crippen molar-refractivity contribution in [1.82, 2.24) is 4.90 Å². The number of nitrogens with zero attached hydrogens (tertiary/aromatic N) is 1. The number of hydrogen-bond acceptors (Lipinski definition) is 2. The van der Waals surface area contributed by atoms with Crippen molar-refractivity contribution < 1.29 is 40.6 Å². The molecule has 3 nitrogen and oxygen atoms in total. The van der Waals surface area contributed by atoms with E-state index in [0.29, 0.717) is 4.90 Å². The third-order valence-electron chi connectivity index (χ3n) is 3.74. The van der Waals surface area contributed by atoms with Gasteiger partial charge < -0.3 is 10.0 Å². The average Bonchev–Trinajstić information content (AvgIpc) is 2.48. The Balaban J connectivity index is 2.22. The van der Waals surface area contributed by atoms with Crippen molar-refractivity contribution in [2.24, 2.45) is 0 Å². The maximum atomic E-state index is 13.5. The maximum Gasteiger partial charge on any atom is 0.417 e. The monoisotopic (exact) mass is 345 g/mol. The fourth-order valence-electron chi connectivity index (χ4n) is 2.26. The van der Waals surface area contributed by atoms with E-state index in [9.17, 15) is 40.6 Å². The summed E-state index contributed by atoms with van der Waals surface area (Å²) in [5, 5.41) is 9.45. The first kappa shape index (κ1) is 17.5. The number of carbonyl (C=O) groups excluding carboxylic acids is 1. The molecule has 1 N–H and O–H groups in total. The molecule has 1 fully saturated rings. The molecule has 0 aliphatic carbocycles. The lowest BCUT2D eigenvalue weighted by Gasteiger charge is -2.39. The molecule has 1 aromatic carbocycles. The van der Waals surface area contributed by atoms with Gasteiger partial charge in [-0.1, -0.05) is 0 Å². The molecule has 2 rings (SSSR count). The van der Waals surface area contributed by atoms with Crippen LogP contribution in [0, 0.1) is 23.3 Å². The van der Waals surface area contributed by atoms with Crippen LogP contribution in [-0.2, 0) is 0 Å². The Hall–Kier alpha value is -1.84. The summed E-state index contributed by atoms with van der Waals surface area (Å²) in [5.74, 6) is -9.28. The van der Waals surface area contributed by atoms with Gasteiger partial charge in [0.2, 0.25) is 0 Å². The van der Waals surface area contributed by atoms with Gasteiger partial charge in [0.05, 0.1) is 5.56 Å². The van der Waals surface area contributed by atoms with Gasteiger partial charge in [0.15, 0.2) is 28.9 Å². The number of halogens is 7. The number of alkyl halides is 3. The highest BCUT2D eigenvalue weighted by molar-refractivity contribution is 5.94. The Morgan fingerprint density at radius 3 is 2.04 bits per heavy atom. The number of amides is 1. The lowest BCUT2D eigenvalue weighted by atomic mass is 9.90. The SMILES string of the molecule is O=C(c1cc(F)c(F)c(F)c1F)N1CCC(O)(C(F)(F)F)CC1. The Labute approximate surface area is 125 Å². The maximum absolute atomic E-state index is 13.5. The number of rotatable bonds is 1. The molecule has 0 radical (unpaired) electrons. The lowest BCUT2D eigenvalue weighted by Crippen LogP contribution is -2.54. The van der Waals surface area contributed by atoms with Crippen LogP contribution in [0.15, 0.2) is 6.07 Å². The van der Waals surface area contributed by atoms with Crippen molar-refractivity contribution in [2.45, 2.75) is 24.6 Å². The summed E-state index contributed by atoms with van der Waals surface area (Å²) in [6, 6.07) is 0.140. The van der Waals surface area contributed by atoms with E-state index in [2.05, 4.69) is 0 Å².